The predicted octanol–water partition coefficient (Wildman–Crippen LogP) is 6.67. The van der Waals surface area contributed by atoms with Crippen molar-refractivity contribution in [2.45, 2.75) is 104 Å². The van der Waals surface area contributed by atoms with Gasteiger partial charge in [-0.25, -0.2) is 14.5 Å². The summed E-state index contributed by atoms with van der Waals surface area (Å²) in [6.45, 7) is 11.0. The maximum Gasteiger partial charge on any atom is 0.419 e. The van der Waals surface area contributed by atoms with Gasteiger partial charge in [0.05, 0.1) is 0 Å². The van der Waals surface area contributed by atoms with Gasteiger partial charge >= 0.3 is 12.2 Å². The number of imide groups is 1. The molecule has 0 aliphatic carbocycles. The number of carbonyl (C=O) groups is 2. The standard InChI is InChI=1S/C20H38BrNO4/c1-19(2,3)25-17(23)22(18(24)26-20(4,5)6)16-14-12-10-8-7-9-11-13-15-21/h7-16H2,1-6H3. The minimum absolute atomic E-state index is 0.327. The summed E-state index contributed by atoms with van der Waals surface area (Å²) in [5, 5.41) is 1.08. The number of nitrogens with zero attached hydrogens (tertiary/aromatic N) is 1. The van der Waals surface area contributed by atoms with E-state index in [0.717, 1.165) is 29.5 Å². The van der Waals surface area contributed by atoms with E-state index in [1.54, 1.807) is 41.5 Å². The molecule has 0 saturated heterocycles. The quantitative estimate of drug-likeness (QED) is 0.283. The lowest BCUT2D eigenvalue weighted by molar-refractivity contribution is 0.00118. The number of halogens is 1. The summed E-state index contributed by atoms with van der Waals surface area (Å²) in [5.41, 5.74) is -1.29. The van der Waals surface area contributed by atoms with E-state index in [1.165, 1.54) is 32.1 Å². The molecular formula is C20H38BrNO4. The Hall–Kier alpha value is -0.780. The first-order valence-electron chi connectivity index (χ1n) is 9.76. The lowest BCUT2D eigenvalue weighted by Gasteiger charge is -2.28. The van der Waals surface area contributed by atoms with Crippen LogP contribution in [-0.2, 0) is 9.47 Å². The molecule has 0 fully saturated rings. The van der Waals surface area contributed by atoms with Crippen LogP contribution in [-0.4, -0.2) is 40.2 Å². The fourth-order valence-electron chi connectivity index (χ4n) is 2.32. The minimum atomic E-state index is -0.646. The van der Waals surface area contributed by atoms with E-state index in [-0.39, 0.29) is 0 Å². The maximum atomic E-state index is 12.4. The zero-order chi connectivity index (χ0) is 20.2. The highest BCUT2D eigenvalue weighted by atomic mass is 79.9. The Morgan fingerprint density at radius 3 is 1.38 bits per heavy atom. The first-order valence-corrected chi connectivity index (χ1v) is 10.9. The SMILES string of the molecule is CC(C)(C)OC(=O)N(CCCCCCCCCCBr)C(=O)OC(C)(C)C. The molecule has 0 atom stereocenters. The molecule has 0 radical (unpaired) electrons. The molecule has 0 aliphatic rings. The molecule has 0 aliphatic heterocycles. The first kappa shape index (κ1) is 25.2. The molecule has 2 amide bonds. The van der Waals surface area contributed by atoms with Crippen LogP contribution in [0.4, 0.5) is 9.59 Å². The van der Waals surface area contributed by atoms with Crippen molar-refractivity contribution in [2.75, 3.05) is 11.9 Å². The molecule has 26 heavy (non-hydrogen) atoms. The van der Waals surface area contributed by atoms with Crippen molar-refractivity contribution in [1.82, 2.24) is 4.90 Å². The highest BCUT2D eigenvalue weighted by Crippen LogP contribution is 2.16. The third kappa shape index (κ3) is 14.4. The molecule has 0 heterocycles. The molecule has 0 unspecified atom stereocenters. The maximum absolute atomic E-state index is 12.4. The van der Waals surface area contributed by atoms with Crippen molar-refractivity contribution in [3.05, 3.63) is 0 Å². The van der Waals surface area contributed by atoms with Crippen LogP contribution in [0.2, 0.25) is 0 Å². The smallest absolute Gasteiger partial charge is 0.419 e. The largest absolute Gasteiger partial charge is 0.443 e. The second kappa shape index (κ2) is 12.6. The van der Waals surface area contributed by atoms with Crippen LogP contribution in [0.3, 0.4) is 0 Å². The van der Waals surface area contributed by atoms with E-state index in [9.17, 15) is 9.59 Å². The van der Waals surface area contributed by atoms with Gasteiger partial charge in [0.25, 0.3) is 0 Å². The Kier molecular flexibility index (Phi) is 12.2. The summed E-state index contributed by atoms with van der Waals surface area (Å²) in [5.74, 6) is 0. The highest BCUT2D eigenvalue weighted by Gasteiger charge is 2.30. The Labute approximate surface area is 168 Å². The molecule has 0 rings (SSSR count). The van der Waals surface area contributed by atoms with Gasteiger partial charge in [-0.05, 0) is 54.4 Å². The van der Waals surface area contributed by atoms with Gasteiger partial charge in [-0.15, -0.1) is 0 Å². The topological polar surface area (TPSA) is 55.8 Å². The van der Waals surface area contributed by atoms with Crippen molar-refractivity contribution in [2.24, 2.45) is 0 Å². The van der Waals surface area contributed by atoms with Crippen molar-refractivity contribution in [3.8, 4) is 0 Å². The van der Waals surface area contributed by atoms with Gasteiger partial charge < -0.3 is 9.47 Å². The number of hydrogen-bond donors (Lipinski definition) is 0. The Bertz CT molecular complexity index is 385. The fraction of sp³-hybridized carbons (Fsp3) is 0.900. The zero-order valence-electron chi connectivity index (χ0n) is 17.5. The van der Waals surface area contributed by atoms with Crippen LogP contribution in [0.15, 0.2) is 0 Å². The zero-order valence-corrected chi connectivity index (χ0v) is 19.1. The molecule has 5 nitrogen and oxygen atoms in total. The second-order valence-electron chi connectivity index (χ2n) is 8.63. The summed E-state index contributed by atoms with van der Waals surface area (Å²) in [7, 11) is 0. The molecule has 0 spiro atoms. The summed E-state index contributed by atoms with van der Waals surface area (Å²) in [4.78, 5) is 25.8. The van der Waals surface area contributed by atoms with Crippen molar-refractivity contribution < 1.29 is 19.1 Å². The molecule has 0 bridgehead atoms. The minimum Gasteiger partial charge on any atom is -0.443 e. The van der Waals surface area contributed by atoms with E-state index in [4.69, 9.17) is 9.47 Å². The van der Waals surface area contributed by atoms with Crippen LogP contribution in [0.1, 0.15) is 92.9 Å². The molecular weight excluding hydrogens is 398 g/mol. The molecule has 0 saturated carbocycles. The number of alkyl halides is 1. The Morgan fingerprint density at radius 2 is 1.04 bits per heavy atom. The molecule has 154 valence electrons. The average Bonchev–Trinajstić information content (AvgIpc) is 2.45. The molecule has 6 heteroatoms. The fourth-order valence-corrected chi connectivity index (χ4v) is 2.71. The third-order valence-corrected chi connectivity index (χ3v) is 4.05. The van der Waals surface area contributed by atoms with Gasteiger partial charge in [0.15, 0.2) is 0 Å². The lowest BCUT2D eigenvalue weighted by Crippen LogP contribution is -2.44. The van der Waals surface area contributed by atoms with E-state index in [1.807, 2.05) is 0 Å². The molecule has 0 N–H and O–H groups in total. The third-order valence-electron chi connectivity index (χ3n) is 3.49. The molecule has 0 aromatic carbocycles. The number of rotatable bonds is 10. The number of unbranched alkanes of at least 4 members (excludes halogenated alkanes) is 7. The van der Waals surface area contributed by atoms with Crippen LogP contribution >= 0.6 is 15.9 Å². The summed E-state index contributed by atoms with van der Waals surface area (Å²) in [6, 6.07) is 0. The van der Waals surface area contributed by atoms with E-state index < -0.39 is 23.4 Å². The van der Waals surface area contributed by atoms with Gasteiger partial charge in [-0.1, -0.05) is 54.5 Å². The van der Waals surface area contributed by atoms with Gasteiger partial charge in [-0.3, -0.25) is 0 Å². The number of hydrogen-bond acceptors (Lipinski definition) is 4. The van der Waals surface area contributed by atoms with Crippen LogP contribution < -0.4 is 0 Å². The van der Waals surface area contributed by atoms with Crippen LogP contribution in [0, 0.1) is 0 Å². The number of carbonyl (C=O) groups excluding carboxylic acids is 2. The molecule has 0 aromatic heterocycles. The van der Waals surface area contributed by atoms with Crippen molar-refractivity contribution in [1.29, 1.82) is 0 Å². The summed E-state index contributed by atoms with van der Waals surface area (Å²) >= 11 is 3.45. The van der Waals surface area contributed by atoms with Crippen LogP contribution in [0.5, 0.6) is 0 Å². The highest BCUT2D eigenvalue weighted by molar-refractivity contribution is 9.09. The number of ether oxygens (including phenoxy) is 2. The number of amides is 2. The second-order valence-corrected chi connectivity index (χ2v) is 9.42. The van der Waals surface area contributed by atoms with E-state index in [0.29, 0.717) is 6.54 Å². The van der Waals surface area contributed by atoms with Gasteiger partial charge in [0.1, 0.15) is 11.2 Å². The monoisotopic (exact) mass is 435 g/mol. The predicted molar refractivity (Wildman–Crippen MR) is 110 cm³/mol. The van der Waals surface area contributed by atoms with Gasteiger partial charge in [0.2, 0.25) is 0 Å². The van der Waals surface area contributed by atoms with Gasteiger partial charge in [0, 0.05) is 11.9 Å². The van der Waals surface area contributed by atoms with Crippen molar-refractivity contribution in [3.63, 3.8) is 0 Å². The van der Waals surface area contributed by atoms with Crippen LogP contribution in [0.25, 0.3) is 0 Å². The van der Waals surface area contributed by atoms with Gasteiger partial charge in [-0.2, -0.15) is 0 Å². The molecule has 0 aromatic rings. The van der Waals surface area contributed by atoms with E-state index >= 15 is 0 Å². The first-order chi connectivity index (χ1) is 12.0. The Balaban J connectivity index is 4.36. The Morgan fingerprint density at radius 1 is 0.692 bits per heavy atom. The normalized spacial score (nSPS) is 12.0. The van der Waals surface area contributed by atoms with E-state index in [2.05, 4.69) is 15.9 Å². The summed E-state index contributed by atoms with van der Waals surface area (Å²) < 4.78 is 10.7. The summed E-state index contributed by atoms with van der Waals surface area (Å²) in [6.07, 6.45) is 7.81. The van der Waals surface area contributed by atoms with Crippen molar-refractivity contribution >= 4 is 28.1 Å². The lowest BCUT2D eigenvalue weighted by atomic mass is 10.1. The average molecular weight is 436 g/mol.